The zero-order valence-electron chi connectivity index (χ0n) is 29.7. The Bertz CT molecular complexity index is 1550. The number of unbranched alkanes of at least 4 members (excludes halogenated alkanes) is 1. The molecule has 2 aromatic rings. The van der Waals surface area contributed by atoms with Crippen molar-refractivity contribution in [2.45, 2.75) is 99.8 Å². The van der Waals surface area contributed by atoms with E-state index >= 15 is 0 Å². The predicted octanol–water partition coefficient (Wildman–Crippen LogP) is 9.14. The Morgan fingerprint density at radius 3 is 2.43 bits per heavy atom. The summed E-state index contributed by atoms with van der Waals surface area (Å²) in [5.74, 6) is 1.89. The maximum Gasteiger partial charge on any atom is 0.326 e. The molecule has 0 bridgehead atoms. The third kappa shape index (κ3) is 10.6. The molecule has 1 saturated carbocycles. The zero-order valence-corrected chi connectivity index (χ0v) is 29.7. The fourth-order valence-corrected chi connectivity index (χ4v) is 6.62. The highest BCUT2D eigenvalue weighted by Gasteiger charge is 2.30. The number of aromatic hydroxyl groups is 1. The lowest BCUT2D eigenvalue weighted by Gasteiger charge is -2.32. The van der Waals surface area contributed by atoms with Crippen LogP contribution < -0.4 is 11.4 Å². The van der Waals surface area contributed by atoms with Gasteiger partial charge < -0.3 is 21.2 Å². The Morgan fingerprint density at radius 2 is 1.85 bits per heavy atom. The van der Waals surface area contributed by atoms with Crippen molar-refractivity contribution < 1.29 is 9.90 Å². The van der Waals surface area contributed by atoms with E-state index in [-0.39, 0.29) is 23.4 Å². The smallest absolute Gasteiger partial charge is 0.326 e. The van der Waals surface area contributed by atoms with Crippen molar-refractivity contribution in [3.63, 3.8) is 0 Å². The average molecular weight is 643 g/mol. The molecule has 256 valence electrons. The van der Waals surface area contributed by atoms with Gasteiger partial charge in [0.15, 0.2) is 0 Å². The highest BCUT2D eigenvalue weighted by atomic mass is 16.3. The minimum absolute atomic E-state index is 0.123. The zero-order chi connectivity index (χ0) is 34.8. The maximum atomic E-state index is 11.7. The molecule has 5 atom stereocenters. The molecule has 1 fully saturated rings. The molecule has 0 saturated heterocycles. The third-order valence-corrected chi connectivity index (χ3v) is 10.7. The molecule has 7 nitrogen and oxygen atoms in total. The minimum Gasteiger partial charge on any atom is -0.493 e. The number of aromatic nitrogens is 2. The number of rotatable bonds is 19. The van der Waals surface area contributed by atoms with Crippen molar-refractivity contribution in [2.75, 3.05) is 0 Å². The lowest BCUT2D eigenvalue weighted by atomic mass is 9.73. The van der Waals surface area contributed by atoms with E-state index < -0.39 is 11.6 Å². The van der Waals surface area contributed by atoms with Crippen molar-refractivity contribution in [2.24, 2.45) is 41.2 Å². The highest BCUT2D eigenvalue weighted by Crippen LogP contribution is 2.42. The van der Waals surface area contributed by atoms with Gasteiger partial charge in [0.25, 0.3) is 0 Å². The number of hydrogen-bond donors (Lipinski definition) is 5. The number of allylic oxidation sites excluding steroid dienone is 6. The van der Waals surface area contributed by atoms with Crippen molar-refractivity contribution in [1.29, 1.82) is 5.41 Å². The molecule has 1 aliphatic rings. The molecular weight excluding hydrogens is 584 g/mol. The van der Waals surface area contributed by atoms with Gasteiger partial charge in [0.2, 0.25) is 11.8 Å². The normalized spacial score (nSPS) is 17.8. The van der Waals surface area contributed by atoms with Gasteiger partial charge in [0.05, 0.1) is 0 Å². The lowest BCUT2D eigenvalue weighted by molar-refractivity contribution is 0.1000. The Labute approximate surface area is 282 Å². The van der Waals surface area contributed by atoms with Gasteiger partial charge >= 0.3 is 5.69 Å². The standard InChI is InChI=1S/C40H58N4O3/c1-9-24(2)26(4)33(15-11-10-13-31-14-12-16-34(20-31)38(42)45)21-36(27(5)25(3)19-32-17-18-32)30(8)28(6)29(7)35(23-41)22-37-39(46)44-40(47)43-37/h12,14,16,20-25,27,30,32-33,41,46H,4,9-11,13,15,17-19H2,1-3,5-8H3,(H2,42,45)(H2,43,44,47)/b29-28?,35-22-,36-21?,41-23?. The monoisotopic (exact) mass is 642 g/mol. The van der Waals surface area contributed by atoms with Crippen LogP contribution in [-0.4, -0.2) is 27.2 Å². The lowest BCUT2D eigenvalue weighted by Crippen LogP contribution is -2.20. The van der Waals surface area contributed by atoms with Crippen LogP contribution in [0.15, 0.2) is 69.6 Å². The number of aryl methyl sites for hydroxylation is 1. The predicted molar refractivity (Wildman–Crippen MR) is 196 cm³/mol. The largest absolute Gasteiger partial charge is 0.493 e. The van der Waals surface area contributed by atoms with Gasteiger partial charge in [-0.3, -0.25) is 9.78 Å². The SMILES string of the molecule is C=C(C(C)CC)C(C=C(C(C)C(C)=C(C)/C(C=N)=C\c1[nH]c(=O)[nH]c1O)C(C)C(C)CC1CC1)CCCCc1cccc(C(N)=O)c1. The summed E-state index contributed by atoms with van der Waals surface area (Å²) < 4.78 is 0. The summed E-state index contributed by atoms with van der Waals surface area (Å²) in [6, 6.07) is 7.64. The van der Waals surface area contributed by atoms with Crippen molar-refractivity contribution in [3.8, 4) is 5.88 Å². The molecule has 1 aliphatic carbocycles. The second-order valence-corrected chi connectivity index (χ2v) is 14.0. The first-order valence-corrected chi connectivity index (χ1v) is 17.5. The quantitative estimate of drug-likeness (QED) is 0.0452. The highest BCUT2D eigenvalue weighted by molar-refractivity contribution is 5.92. The molecule has 1 aromatic carbocycles. The number of nitrogens with one attached hydrogen (secondary N) is 3. The van der Waals surface area contributed by atoms with Crippen LogP contribution in [0.25, 0.3) is 6.08 Å². The van der Waals surface area contributed by atoms with Gasteiger partial charge in [-0.2, -0.15) is 0 Å². The van der Waals surface area contributed by atoms with Crippen molar-refractivity contribution >= 4 is 18.2 Å². The van der Waals surface area contributed by atoms with Crippen molar-refractivity contribution in [3.05, 3.63) is 92.1 Å². The van der Waals surface area contributed by atoms with Crippen LogP contribution in [0.4, 0.5) is 0 Å². The summed E-state index contributed by atoms with van der Waals surface area (Å²) in [6.45, 7) is 20.3. The van der Waals surface area contributed by atoms with Gasteiger partial charge in [0, 0.05) is 11.8 Å². The molecule has 0 radical (unpaired) electrons. The molecular formula is C40H58N4O3. The van der Waals surface area contributed by atoms with Crippen LogP contribution in [0.1, 0.15) is 115 Å². The fraction of sp³-hybridized carbons (Fsp3) is 0.525. The van der Waals surface area contributed by atoms with Gasteiger partial charge in [-0.1, -0.05) is 95.4 Å². The van der Waals surface area contributed by atoms with E-state index in [9.17, 15) is 14.7 Å². The summed E-state index contributed by atoms with van der Waals surface area (Å²) in [6.07, 6.45) is 14.4. The van der Waals surface area contributed by atoms with E-state index in [1.807, 2.05) is 19.1 Å². The summed E-state index contributed by atoms with van der Waals surface area (Å²) in [5.41, 5.74) is 12.4. The number of hydrogen-bond acceptors (Lipinski definition) is 4. The molecule has 6 N–H and O–H groups in total. The van der Waals surface area contributed by atoms with Crippen LogP contribution in [0.5, 0.6) is 5.88 Å². The molecule has 0 spiro atoms. The number of imidazole rings is 1. The molecule has 1 aromatic heterocycles. The van der Waals surface area contributed by atoms with Crippen LogP contribution in [0, 0.1) is 40.9 Å². The molecule has 5 unspecified atom stereocenters. The summed E-state index contributed by atoms with van der Waals surface area (Å²) in [5, 5.41) is 18.3. The first-order valence-electron chi connectivity index (χ1n) is 17.5. The summed E-state index contributed by atoms with van der Waals surface area (Å²) in [7, 11) is 0. The number of nitrogens with two attached hydrogens (primary N) is 1. The van der Waals surface area contributed by atoms with Gasteiger partial charge in [0.1, 0.15) is 5.69 Å². The molecule has 0 aliphatic heterocycles. The number of carbonyl (C=O) groups excluding carboxylic acids is 1. The molecule has 1 amide bonds. The number of carbonyl (C=O) groups is 1. The van der Waals surface area contributed by atoms with Crippen LogP contribution in [-0.2, 0) is 6.42 Å². The van der Waals surface area contributed by atoms with E-state index in [0.29, 0.717) is 28.9 Å². The Morgan fingerprint density at radius 1 is 1.15 bits per heavy atom. The molecule has 1 heterocycles. The first kappa shape index (κ1) is 37.6. The Balaban J connectivity index is 1.96. The summed E-state index contributed by atoms with van der Waals surface area (Å²) >= 11 is 0. The summed E-state index contributed by atoms with van der Waals surface area (Å²) in [4.78, 5) is 28.4. The molecule has 3 rings (SSSR count). The van der Waals surface area contributed by atoms with E-state index in [2.05, 4.69) is 70.2 Å². The Hall–Kier alpha value is -3.87. The number of H-pyrrole nitrogens is 2. The first-order chi connectivity index (χ1) is 22.3. The number of primary amides is 1. The number of aromatic amines is 2. The Kier molecular flexibility index (Phi) is 13.9. The van der Waals surface area contributed by atoms with Gasteiger partial charge in [-0.25, -0.2) is 4.79 Å². The molecule has 7 heteroatoms. The number of amides is 1. The van der Waals surface area contributed by atoms with Crippen LogP contribution >= 0.6 is 0 Å². The minimum atomic E-state index is -0.486. The van der Waals surface area contributed by atoms with Gasteiger partial charge in [-0.15, -0.1) is 0 Å². The van der Waals surface area contributed by atoms with Crippen molar-refractivity contribution in [1.82, 2.24) is 9.97 Å². The maximum absolute atomic E-state index is 11.7. The average Bonchev–Trinajstić information content (AvgIpc) is 3.81. The fourth-order valence-electron chi connectivity index (χ4n) is 6.62. The van der Waals surface area contributed by atoms with E-state index in [0.717, 1.165) is 54.7 Å². The number of benzene rings is 1. The van der Waals surface area contributed by atoms with E-state index in [4.69, 9.17) is 11.1 Å². The van der Waals surface area contributed by atoms with Crippen LogP contribution in [0.2, 0.25) is 0 Å². The topological polar surface area (TPSA) is 136 Å². The second-order valence-electron chi connectivity index (χ2n) is 14.0. The van der Waals surface area contributed by atoms with E-state index in [1.54, 1.807) is 12.1 Å². The third-order valence-electron chi connectivity index (χ3n) is 10.7. The molecule has 47 heavy (non-hydrogen) atoms. The van der Waals surface area contributed by atoms with E-state index in [1.165, 1.54) is 36.6 Å². The van der Waals surface area contributed by atoms with Crippen LogP contribution in [0.3, 0.4) is 0 Å². The van der Waals surface area contributed by atoms with Gasteiger partial charge in [-0.05, 0) is 116 Å². The second kappa shape index (κ2) is 17.3.